The number of H-pyrrole nitrogens is 1. The Morgan fingerprint density at radius 1 is 1.41 bits per heavy atom. The molecule has 0 bridgehead atoms. The van der Waals surface area contributed by atoms with E-state index in [2.05, 4.69) is 17.2 Å². The molecule has 0 saturated carbocycles. The lowest BCUT2D eigenvalue weighted by atomic mass is 9.89. The van der Waals surface area contributed by atoms with Gasteiger partial charge in [0.1, 0.15) is 16.5 Å². The summed E-state index contributed by atoms with van der Waals surface area (Å²) in [5.41, 5.74) is 1.85. The van der Waals surface area contributed by atoms with Gasteiger partial charge in [-0.1, -0.05) is 25.1 Å². The summed E-state index contributed by atoms with van der Waals surface area (Å²) in [6.07, 6.45) is 3.74. The second kappa shape index (κ2) is 7.52. The van der Waals surface area contributed by atoms with Crippen molar-refractivity contribution in [3.63, 3.8) is 0 Å². The second-order valence-electron chi connectivity index (χ2n) is 7.50. The molecular weight excluding hydrogens is 361 g/mol. The zero-order valence-corrected chi connectivity index (χ0v) is 16.5. The van der Waals surface area contributed by atoms with Crippen molar-refractivity contribution in [2.24, 2.45) is 5.92 Å². The summed E-state index contributed by atoms with van der Waals surface area (Å²) in [6.45, 7) is 4.85. The van der Waals surface area contributed by atoms with E-state index in [0.717, 1.165) is 29.5 Å². The average molecular weight is 386 g/mol. The van der Waals surface area contributed by atoms with Crippen LogP contribution in [0.2, 0.25) is 0 Å². The predicted octanol–water partition coefficient (Wildman–Crippen LogP) is 4.14. The molecule has 0 aliphatic heterocycles. The lowest BCUT2D eigenvalue weighted by Gasteiger charge is -2.17. The van der Waals surface area contributed by atoms with Gasteiger partial charge >= 0.3 is 0 Å². The third-order valence-corrected chi connectivity index (χ3v) is 6.54. The molecule has 2 heterocycles. The van der Waals surface area contributed by atoms with Gasteiger partial charge in [-0.15, -0.1) is 11.3 Å². The summed E-state index contributed by atoms with van der Waals surface area (Å²) in [6, 6.07) is 6.71. The Hall–Kier alpha value is -2.05. The number of rotatable bonds is 5. The number of halogens is 1. The molecule has 2 N–H and O–H groups in total. The Morgan fingerprint density at radius 3 is 3.04 bits per heavy atom. The van der Waals surface area contributed by atoms with E-state index in [-0.39, 0.29) is 17.4 Å². The SMILES string of the molecule is C[C@@H]1CCc2c(sc3nc([C@H](C)NCCc4ccccc4F)[nH]c(=O)c23)C1. The molecule has 0 radical (unpaired) electrons. The van der Waals surface area contributed by atoms with Crippen molar-refractivity contribution in [1.82, 2.24) is 15.3 Å². The number of aryl methyl sites for hydroxylation is 1. The Morgan fingerprint density at radius 2 is 2.22 bits per heavy atom. The molecule has 1 aliphatic carbocycles. The topological polar surface area (TPSA) is 57.8 Å². The van der Waals surface area contributed by atoms with E-state index in [0.29, 0.717) is 30.3 Å². The van der Waals surface area contributed by atoms with Crippen molar-refractivity contribution in [2.45, 2.75) is 45.6 Å². The van der Waals surface area contributed by atoms with Crippen molar-refractivity contribution >= 4 is 21.6 Å². The number of hydrogen-bond acceptors (Lipinski definition) is 4. The first-order valence-electron chi connectivity index (χ1n) is 9.54. The molecule has 2 aromatic heterocycles. The van der Waals surface area contributed by atoms with Gasteiger partial charge in [0.25, 0.3) is 5.56 Å². The normalized spacial score (nSPS) is 17.8. The quantitative estimate of drug-likeness (QED) is 0.694. The van der Waals surface area contributed by atoms with E-state index in [1.54, 1.807) is 23.5 Å². The van der Waals surface area contributed by atoms with Crippen LogP contribution in [0.4, 0.5) is 4.39 Å². The van der Waals surface area contributed by atoms with Crippen LogP contribution in [0.1, 0.15) is 48.1 Å². The number of fused-ring (bicyclic) bond motifs is 3. The van der Waals surface area contributed by atoms with E-state index >= 15 is 0 Å². The van der Waals surface area contributed by atoms with Gasteiger partial charge in [0.2, 0.25) is 0 Å². The van der Waals surface area contributed by atoms with Crippen LogP contribution >= 0.6 is 11.3 Å². The summed E-state index contributed by atoms with van der Waals surface area (Å²) < 4.78 is 13.7. The molecule has 0 amide bonds. The molecule has 6 heteroatoms. The minimum atomic E-state index is -0.182. The first-order valence-corrected chi connectivity index (χ1v) is 10.4. The fourth-order valence-electron chi connectivity index (χ4n) is 3.79. The molecule has 3 aromatic rings. The van der Waals surface area contributed by atoms with Crippen LogP contribution in [0.3, 0.4) is 0 Å². The zero-order chi connectivity index (χ0) is 19.0. The van der Waals surface area contributed by atoms with Crippen molar-refractivity contribution in [2.75, 3.05) is 6.54 Å². The van der Waals surface area contributed by atoms with Crippen molar-refractivity contribution in [3.8, 4) is 0 Å². The maximum atomic E-state index is 13.7. The zero-order valence-electron chi connectivity index (χ0n) is 15.6. The summed E-state index contributed by atoms with van der Waals surface area (Å²) in [4.78, 5) is 22.6. The summed E-state index contributed by atoms with van der Waals surface area (Å²) >= 11 is 1.66. The van der Waals surface area contributed by atoms with E-state index in [4.69, 9.17) is 4.98 Å². The van der Waals surface area contributed by atoms with Crippen molar-refractivity contribution in [1.29, 1.82) is 0 Å². The van der Waals surface area contributed by atoms with Gasteiger partial charge in [-0.3, -0.25) is 4.79 Å². The second-order valence-corrected chi connectivity index (χ2v) is 8.58. The van der Waals surface area contributed by atoms with Crippen LogP contribution < -0.4 is 10.9 Å². The summed E-state index contributed by atoms with van der Waals surface area (Å²) in [5, 5.41) is 4.12. The van der Waals surface area contributed by atoms with Crippen molar-refractivity contribution in [3.05, 3.63) is 62.3 Å². The number of nitrogens with zero attached hydrogens (tertiary/aromatic N) is 1. The van der Waals surface area contributed by atoms with Crippen LogP contribution in [-0.4, -0.2) is 16.5 Å². The molecule has 142 valence electrons. The fourth-order valence-corrected chi connectivity index (χ4v) is 5.18. The molecule has 4 nitrogen and oxygen atoms in total. The molecule has 0 spiro atoms. The number of aromatic amines is 1. The largest absolute Gasteiger partial charge is 0.309 e. The van der Waals surface area contributed by atoms with E-state index < -0.39 is 0 Å². The number of hydrogen-bond donors (Lipinski definition) is 2. The third kappa shape index (κ3) is 3.69. The van der Waals surface area contributed by atoms with E-state index in [9.17, 15) is 9.18 Å². The van der Waals surface area contributed by atoms with Gasteiger partial charge in [0.05, 0.1) is 11.4 Å². The molecular formula is C21H24FN3OS. The number of nitrogens with one attached hydrogen (secondary N) is 2. The van der Waals surface area contributed by atoms with Crippen LogP contribution in [0.15, 0.2) is 29.1 Å². The molecule has 0 saturated heterocycles. The van der Waals surface area contributed by atoms with Gasteiger partial charge in [0, 0.05) is 4.88 Å². The highest BCUT2D eigenvalue weighted by atomic mass is 32.1. The summed E-state index contributed by atoms with van der Waals surface area (Å²) in [7, 11) is 0. The first-order chi connectivity index (χ1) is 13.0. The number of aromatic nitrogens is 2. The molecule has 0 fully saturated rings. The smallest absolute Gasteiger partial charge is 0.259 e. The van der Waals surface area contributed by atoms with Gasteiger partial charge in [-0.2, -0.15) is 0 Å². The van der Waals surface area contributed by atoms with E-state index in [1.165, 1.54) is 16.5 Å². The highest BCUT2D eigenvalue weighted by Gasteiger charge is 2.23. The predicted molar refractivity (Wildman–Crippen MR) is 108 cm³/mol. The molecule has 0 unspecified atom stereocenters. The molecule has 27 heavy (non-hydrogen) atoms. The number of thiophene rings is 1. The molecule has 1 aliphatic rings. The lowest BCUT2D eigenvalue weighted by Crippen LogP contribution is -2.25. The Balaban J connectivity index is 1.51. The minimum absolute atomic E-state index is 0.0372. The molecule has 2 atom stereocenters. The van der Waals surface area contributed by atoms with Gasteiger partial charge < -0.3 is 10.3 Å². The first kappa shape index (κ1) is 18.3. The van der Waals surface area contributed by atoms with Gasteiger partial charge in [-0.25, -0.2) is 9.37 Å². The average Bonchev–Trinajstić information content (AvgIpc) is 3.01. The Kier molecular flexibility index (Phi) is 5.10. The maximum absolute atomic E-state index is 13.7. The summed E-state index contributed by atoms with van der Waals surface area (Å²) in [5.74, 6) is 1.13. The Bertz CT molecular complexity index is 1030. The van der Waals surface area contributed by atoms with Gasteiger partial charge in [0.15, 0.2) is 0 Å². The highest BCUT2D eigenvalue weighted by Crippen LogP contribution is 2.35. The van der Waals surface area contributed by atoms with Crippen LogP contribution in [0.25, 0.3) is 10.2 Å². The third-order valence-electron chi connectivity index (χ3n) is 5.40. The maximum Gasteiger partial charge on any atom is 0.259 e. The lowest BCUT2D eigenvalue weighted by molar-refractivity contribution is 0.509. The standard InChI is InChI=1S/C21H24FN3OS/c1-12-7-8-15-17(11-12)27-21-18(15)20(26)24-19(25-21)13(2)23-10-9-14-5-3-4-6-16(14)22/h3-6,12-13,23H,7-11H2,1-2H3,(H,24,25,26)/t12-,13+/m1/s1. The van der Waals surface area contributed by atoms with Crippen LogP contribution in [0.5, 0.6) is 0 Å². The molecule has 4 rings (SSSR count). The minimum Gasteiger partial charge on any atom is -0.309 e. The van der Waals surface area contributed by atoms with Gasteiger partial charge in [-0.05, 0) is 62.3 Å². The van der Waals surface area contributed by atoms with Crippen LogP contribution in [0, 0.1) is 11.7 Å². The Labute approximate surface area is 161 Å². The number of benzene rings is 1. The fraction of sp³-hybridized carbons (Fsp3) is 0.429. The monoisotopic (exact) mass is 385 g/mol. The van der Waals surface area contributed by atoms with E-state index in [1.807, 2.05) is 13.0 Å². The van der Waals surface area contributed by atoms with Crippen LogP contribution in [-0.2, 0) is 19.3 Å². The molecule has 1 aromatic carbocycles. The highest BCUT2D eigenvalue weighted by molar-refractivity contribution is 7.18. The van der Waals surface area contributed by atoms with Crippen molar-refractivity contribution < 1.29 is 4.39 Å².